The lowest BCUT2D eigenvalue weighted by Gasteiger charge is -2.28. The molecule has 0 radical (unpaired) electrons. The summed E-state index contributed by atoms with van der Waals surface area (Å²) in [6.07, 6.45) is 2.44. The molecule has 1 saturated carbocycles. The molecular formula is C18H21NO4. The van der Waals surface area contributed by atoms with Gasteiger partial charge in [-0.3, -0.25) is 9.59 Å². The van der Waals surface area contributed by atoms with Crippen molar-refractivity contribution in [3.8, 4) is 0 Å². The van der Waals surface area contributed by atoms with Crippen molar-refractivity contribution >= 4 is 11.9 Å². The van der Waals surface area contributed by atoms with Crippen molar-refractivity contribution in [3.63, 3.8) is 0 Å². The zero-order valence-electron chi connectivity index (χ0n) is 13.0. The van der Waals surface area contributed by atoms with Gasteiger partial charge in [0.25, 0.3) is 5.91 Å². The van der Waals surface area contributed by atoms with Crippen molar-refractivity contribution in [2.45, 2.75) is 25.4 Å². The summed E-state index contributed by atoms with van der Waals surface area (Å²) in [5.74, 6) is -0.692. The van der Waals surface area contributed by atoms with Crippen molar-refractivity contribution in [3.05, 3.63) is 35.4 Å². The van der Waals surface area contributed by atoms with E-state index in [0.717, 1.165) is 30.4 Å². The second-order valence-corrected chi connectivity index (χ2v) is 6.89. The van der Waals surface area contributed by atoms with Crippen molar-refractivity contribution in [2.75, 3.05) is 19.7 Å². The molecule has 122 valence electrons. The van der Waals surface area contributed by atoms with E-state index in [2.05, 4.69) is 0 Å². The second kappa shape index (κ2) is 5.64. The van der Waals surface area contributed by atoms with E-state index >= 15 is 0 Å². The summed E-state index contributed by atoms with van der Waals surface area (Å²) in [7, 11) is 0. The molecule has 1 saturated heterocycles. The van der Waals surface area contributed by atoms with Crippen LogP contribution in [0, 0.1) is 17.8 Å². The smallest absolute Gasteiger partial charge is 0.308 e. The Morgan fingerprint density at radius 1 is 1.17 bits per heavy atom. The van der Waals surface area contributed by atoms with Crippen LogP contribution in [-0.4, -0.2) is 41.6 Å². The van der Waals surface area contributed by atoms with E-state index in [1.165, 1.54) is 0 Å². The molecule has 0 aromatic heterocycles. The zero-order valence-corrected chi connectivity index (χ0v) is 13.0. The van der Waals surface area contributed by atoms with Crippen LogP contribution in [0.25, 0.3) is 0 Å². The first-order valence-electron chi connectivity index (χ1n) is 8.36. The zero-order chi connectivity index (χ0) is 16.0. The lowest BCUT2D eigenvalue weighted by Crippen LogP contribution is -2.37. The Hall–Kier alpha value is -1.88. The minimum absolute atomic E-state index is 0.0773. The Balaban J connectivity index is 1.55. The molecule has 3 atom stereocenters. The molecule has 1 amide bonds. The first kappa shape index (κ1) is 14.7. The molecule has 0 bridgehead atoms. The third-order valence-corrected chi connectivity index (χ3v) is 5.44. The summed E-state index contributed by atoms with van der Waals surface area (Å²) in [6.45, 7) is 1.41. The van der Waals surface area contributed by atoms with Gasteiger partial charge < -0.3 is 14.7 Å². The summed E-state index contributed by atoms with van der Waals surface area (Å²) >= 11 is 0. The number of nitrogens with zero attached hydrogens (tertiary/aromatic N) is 1. The Labute approximate surface area is 135 Å². The fourth-order valence-electron chi connectivity index (χ4n) is 4.04. The van der Waals surface area contributed by atoms with Gasteiger partial charge in [-0.2, -0.15) is 0 Å². The standard InChI is InChI=1S/C18H21NO4/c20-17(16-13-4-2-1-3-11(13)7-8-23-16)19-9-14(12-5-6-12)15(10-19)18(21)22/h1-4,12,14-16H,5-10H2,(H,21,22)/t14-,15+,16?/m0/s1. The maximum atomic E-state index is 12.9. The Morgan fingerprint density at radius 2 is 1.96 bits per heavy atom. The molecule has 0 spiro atoms. The average molecular weight is 315 g/mol. The molecule has 4 rings (SSSR count). The van der Waals surface area contributed by atoms with Gasteiger partial charge in [0.15, 0.2) is 6.10 Å². The maximum absolute atomic E-state index is 12.9. The van der Waals surface area contributed by atoms with Crippen LogP contribution in [0.1, 0.15) is 30.1 Å². The van der Waals surface area contributed by atoms with E-state index in [1.54, 1.807) is 4.90 Å². The number of hydrogen-bond donors (Lipinski definition) is 1. The topological polar surface area (TPSA) is 66.8 Å². The lowest BCUT2D eigenvalue weighted by atomic mass is 9.92. The SMILES string of the molecule is O=C(O)[C@@H]1CN(C(=O)C2OCCc3ccccc32)C[C@H]1C1CC1. The van der Waals surface area contributed by atoms with Crippen LogP contribution >= 0.6 is 0 Å². The van der Waals surface area contributed by atoms with Crippen LogP contribution in [0.15, 0.2) is 24.3 Å². The fraction of sp³-hybridized carbons (Fsp3) is 0.556. The second-order valence-electron chi connectivity index (χ2n) is 6.89. The summed E-state index contributed by atoms with van der Waals surface area (Å²) < 4.78 is 5.75. The molecule has 2 fully saturated rings. The van der Waals surface area contributed by atoms with Crippen molar-refractivity contribution in [1.82, 2.24) is 4.90 Å². The predicted octanol–water partition coefficient (Wildman–Crippen LogP) is 1.87. The number of likely N-dealkylation sites (tertiary alicyclic amines) is 1. The van der Waals surface area contributed by atoms with E-state index in [9.17, 15) is 14.7 Å². The number of carbonyl (C=O) groups excluding carboxylic acids is 1. The third kappa shape index (κ3) is 2.63. The molecule has 1 unspecified atom stereocenters. The van der Waals surface area contributed by atoms with Gasteiger partial charge in [-0.25, -0.2) is 0 Å². The number of hydrogen-bond acceptors (Lipinski definition) is 3. The molecular weight excluding hydrogens is 294 g/mol. The predicted molar refractivity (Wildman–Crippen MR) is 82.8 cm³/mol. The number of rotatable bonds is 3. The van der Waals surface area contributed by atoms with E-state index in [0.29, 0.717) is 25.6 Å². The molecule has 1 aromatic rings. The van der Waals surface area contributed by atoms with Crippen LogP contribution in [0.3, 0.4) is 0 Å². The van der Waals surface area contributed by atoms with E-state index in [-0.39, 0.29) is 11.8 Å². The van der Waals surface area contributed by atoms with Gasteiger partial charge in [-0.1, -0.05) is 24.3 Å². The number of amides is 1. The molecule has 2 aliphatic heterocycles. The molecule has 5 heteroatoms. The largest absolute Gasteiger partial charge is 0.481 e. The van der Waals surface area contributed by atoms with Crippen LogP contribution in [-0.2, 0) is 20.7 Å². The van der Waals surface area contributed by atoms with Gasteiger partial charge in [0.05, 0.1) is 12.5 Å². The van der Waals surface area contributed by atoms with E-state index in [1.807, 2.05) is 24.3 Å². The quantitative estimate of drug-likeness (QED) is 0.925. The van der Waals surface area contributed by atoms with Crippen molar-refractivity contribution in [2.24, 2.45) is 17.8 Å². The molecule has 3 aliphatic rings. The van der Waals surface area contributed by atoms with Crippen molar-refractivity contribution in [1.29, 1.82) is 0 Å². The van der Waals surface area contributed by atoms with Crippen LogP contribution < -0.4 is 0 Å². The summed E-state index contributed by atoms with van der Waals surface area (Å²) in [5.41, 5.74) is 2.09. The monoisotopic (exact) mass is 315 g/mol. The van der Waals surface area contributed by atoms with E-state index < -0.39 is 18.0 Å². The van der Waals surface area contributed by atoms with Gasteiger partial charge in [-0.15, -0.1) is 0 Å². The number of fused-ring (bicyclic) bond motifs is 1. The molecule has 5 nitrogen and oxygen atoms in total. The minimum Gasteiger partial charge on any atom is -0.481 e. The Morgan fingerprint density at radius 3 is 2.70 bits per heavy atom. The number of aliphatic carboxylic acids is 1. The molecule has 1 aliphatic carbocycles. The highest BCUT2D eigenvalue weighted by molar-refractivity contribution is 5.84. The normalized spacial score (nSPS) is 30.1. The number of ether oxygens (including phenoxy) is 1. The number of carboxylic acids is 1. The van der Waals surface area contributed by atoms with Crippen LogP contribution in [0.2, 0.25) is 0 Å². The van der Waals surface area contributed by atoms with E-state index in [4.69, 9.17) is 4.74 Å². The maximum Gasteiger partial charge on any atom is 0.308 e. The Bertz CT molecular complexity index is 640. The first-order chi connectivity index (χ1) is 11.1. The fourth-order valence-corrected chi connectivity index (χ4v) is 4.04. The summed E-state index contributed by atoms with van der Waals surface area (Å²) in [4.78, 5) is 26.2. The van der Waals surface area contributed by atoms with Gasteiger partial charge in [0.2, 0.25) is 0 Å². The van der Waals surface area contributed by atoms with Gasteiger partial charge in [-0.05, 0) is 42.2 Å². The number of benzene rings is 1. The van der Waals surface area contributed by atoms with Gasteiger partial charge in [0.1, 0.15) is 0 Å². The number of carboxylic acid groups (broad SMARTS) is 1. The molecule has 1 N–H and O–H groups in total. The van der Waals surface area contributed by atoms with Gasteiger partial charge in [0, 0.05) is 13.1 Å². The lowest BCUT2D eigenvalue weighted by molar-refractivity contribution is -0.145. The van der Waals surface area contributed by atoms with Gasteiger partial charge >= 0.3 is 5.97 Å². The molecule has 1 aromatic carbocycles. The number of carbonyl (C=O) groups is 2. The first-order valence-corrected chi connectivity index (χ1v) is 8.36. The average Bonchev–Trinajstić information content (AvgIpc) is 3.31. The highest BCUT2D eigenvalue weighted by Gasteiger charge is 2.48. The third-order valence-electron chi connectivity index (χ3n) is 5.44. The molecule has 2 heterocycles. The summed E-state index contributed by atoms with van der Waals surface area (Å²) in [5, 5.41) is 9.46. The highest BCUT2D eigenvalue weighted by Crippen LogP contribution is 2.44. The molecule has 23 heavy (non-hydrogen) atoms. The minimum atomic E-state index is -0.776. The van der Waals surface area contributed by atoms with Crippen LogP contribution in [0.5, 0.6) is 0 Å². The Kier molecular flexibility index (Phi) is 3.60. The summed E-state index contributed by atoms with van der Waals surface area (Å²) in [6, 6.07) is 7.88. The highest BCUT2D eigenvalue weighted by atomic mass is 16.5. The van der Waals surface area contributed by atoms with Crippen LogP contribution in [0.4, 0.5) is 0 Å². The van der Waals surface area contributed by atoms with Crippen molar-refractivity contribution < 1.29 is 19.4 Å².